The fraction of sp³-hybridized carbons (Fsp3) is 0.353. The van der Waals surface area contributed by atoms with E-state index in [-0.39, 0.29) is 29.5 Å². The lowest BCUT2D eigenvalue weighted by molar-refractivity contribution is -0.937. The van der Waals surface area contributed by atoms with E-state index in [1.807, 2.05) is 13.2 Å². The van der Waals surface area contributed by atoms with Crippen LogP contribution in [0.2, 0.25) is 0 Å². The van der Waals surface area contributed by atoms with Gasteiger partial charge in [0.15, 0.2) is 17.6 Å². The number of fused-ring (bicyclic) bond motifs is 4. The van der Waals surface area contributed by atoms with E-state index in [2.05, 4.69) is 84.9 Å². The highest BCUT2D eigenvalue weighted by Crippen LogP contribution is 2.68. The van der Waals surface area contributed by atoms with Crippen LogP contribution in [0, 0.1) is 0 Å². The van der Waals surface area contributed by atoms with Gasteiger partial charge in [0.05, 0.1) is 24.2 Å². The normalized spacial score (nSPS) is 28.7. The number of nitrogens with zero attached hydrogens (tertiary/aromatic N) is 1. The summed E-state index contributed by atoms with van der Waals surface area (Å²) in [6.45, 7) is 6.65. The largest absolute Gasteiger partial charge is 1.00 e. The van der Waals surface area contributed by atoms with Crippen molar-refractivity contribution < 1.29 is 31.5 Å². The lowest BCUT2D eigenvalue weighted by Gasteiger charge is -2.62. The van der Waals surface area contributed by atoms with Crippen molar-refractivity contribution in [1.29, 1.82) is 0 Å². The highest BCUT2D eigenvalue weighted by Gasteiger charge is 2.75. The Labute approximate surface area is 241 Å². The second-order valence-corrected chi connectivity index (χ2v) is 11.8. The van der Waals surface area contributed by atoms with Gasteiger partial charge >= 0.3 is 0 Å². The molecule has 40 heavy (non-hydrogen) atoms. The molecule has 1 fully saturated rings. The quantitative estimate of drug-likeness (QED) is 0.367. The standard InChI is InChI=1S/C34H34N2O3.ClH/c1-4-17-36-18-16-33-29-23-14-15-27(38-21-22-10-6-5-7-11-22)31(29)39-32(33)30-25(20-34(33,37-3)28(36)19-23)24-12-8-9-13-26(24)35(30)2;/h4-15,28,32H,1,16-21H2,2-3H3;1H/t28-,32-,33-,34+;/m0./s1. The van der Waals surface area contributed by atoms with E-state index < -0.39 is 0 Å². The zero-order chi connectivity index (χ0) is 26.4. The first-order chi connectivity index (χ1) is 19.1. The Kier molecular flexibility index (Phi) is 5.87. The van der Waals surface area contributed by atoms with Gasteiger partial charge < -0.3 is 36.1 Å². The first-order valence-electron chi connectivity index (χ1n) is 14.2. The molecule has 2 bridgehead atoms. The summed E-state index contributed by atoms with van der Waals surface area (Å²) in [6, 6.07) is 23.9. The first kappa shape index (κ1) is 25.7. The number of ether oxygens (including phenoxy) is 3. The van der Waals surface area contributed by atoms with Gasteiger partial charge in [0.1, 0.15) is 18.2 Å². The molecular formula is C34H35ClN2O3. The summed E-state index contributed by atoms with van der Waals surface area (Å²) >= 11 is 0. The highest BCUT2D eigenvalue weighted by atomic mass is 35.5. The number of para-hydroxylation sites is 1. The van der Waals surface area contributed by atoms with Crippen LogP contribution in [0.1, 0.15) is 40.5 Å². The number of hydrogen-bond donors (Lipinski definition) is 1. The zero-order valence-corrected chi connectivity index (χ0v) is 23.8. The van der Waals surface area contributed by atoms with Gasteiger partial charge in [-0.3, -0.25) is 0 Å². The predicted octanol–water partition coefficient (Wildman–Crippen LogP) is 1.47. The number of rotatable bonds is 6. The van der Waals surface area contributed by atoms with Crippen molar-refractivity contribution in [2.24, 2.45) is 7.05 Å². The van der Waals surface area contributed by atoms with Crippen LogP contribution < -0.4 is 26.8 Å². The van der Waals surface area contributed by atoms with Crippen molar-refractivity contribution >= 4 is 10.9 Å². The van der Waals surface area contributed by atoms with Crippen LogP contribution in [0.25, 0.3) is 10.9 Å². The Morgan fingerprint density at radius 3 is 2.70 bits per heavy atom. The second-order valence-electron chi connectivity index (χ2n) is 11.8. The van der Waals surface area contributed by atoms with E-state index >= 15 is 0 Å². The average molecular weight is 555 g/mol. The summed E-state index contributed by atoms with van der Waals surface area (Å²) in [5.74, 6) is 1.77. The van der Waals surface area contributed by atoms with Gasteiger partial charge in [0.2, 0.25) is 0 Å². The summed E-state index contributed by atoms with van der Waals surface area (Å²) in [5, 5.41) is 1.32. The number of likely N-dealkylation sites (tertiary alicyclic amines) is 1. The van der Waals surface area contributed by atoms with Crippen LogP contribution in [-0.2, 0) is 36.6 Å². The van der Waals surface area contributed by atoms with Crippen molar-refractivity contribution in [2.75, 3.05) is 20.2 Å². The summed E-state index contributed by atoms with van der Waals surface area (Å²) in [4.78, 5) is 1.57. The van der Waals surface area contributed by atoms with Crippen LogP contribution in [0.3, 0.4) is 0 Å². The number of hydrogen-bond acceptors (Lipinski definition) is 3. The lowest BCUT2D eigenvalue weighted by atomic mass is 9.48. The summed E-state index contributed by atoms with van der Waals surface area (Å²) < 4.78 is 23.0. The van der Waals surface area contributed by atoms with E-state index in [4.69, 9.17) is 14.2 Å². The molecule has 5 atom stereocenters. The Balaban J connectivity index is 0.00000264. The van der Waals surface area contributed by atoms with E-state index in [1.54, 1.807) is 4.90 Å². The number of benzene rings is 3. The predicted molar refractivity (Wildman–Crippen MR) is 152 cm³/mol. The molecule has 2 aliphatic carbocycles. The molecule has 5 nitrogen and oxygen atoms in total. The van der Waals surface area contributed by atoms with Gasteiger partial charge in [0, 0.05) is 49.9 Å². The van der Waals surface area contributed by atoms with Gasteiger partial charge in [-0.15, -0.1) is 0 Å². The minimum Gasteiger partial charge on any atom is -1.00 e. The second kappa shape index (κ2) is 9.13. The van der Waals surface area contributed by atoms with Gasteiger partial charge in [-0.1, -0.05) is 61.2 Å². The monoisotopic (exact) mass is 554 g/mol. The van der Waals surface area contributed by atoms with Gasteiger partial charge in [-0.25, -0.2) is 0 Å². The molecule has 1 saturated heterocycles. The van der Waals surface area contributed by atoms with Crippen molar-refractivity contribution in [1.82, 2.24) is 4.57 Å². The number of halogens is 1. The minimum absolute atomic E-state index is 0. The van der Waals surface area contributed by atoms with Gasteiger partial charge in [-0.2, -0.15) is 0 Å². The third kappa shape index (κ3) is 3.06. The molecule has 4 aliphatic rings. The van der Waals surface area contributed by atoms with Crippen LogP contribution in [0.4, 0.5) is 0 Å². The van der Waals surface area contributed by atoms with E-state index in [1.165, 1.54) is 33.3 Å². The number of methoxy groups -OCH3 is 1. The third-order valence-electron chi connectivity index (χ3n) is 10.4. The van der Waals surface area contributed by atoms with E-state index in [0.717, 1.165) is 49.4 Å². The maximum atomic E-state index is 7.20. The molecule has 1 N–H and O–H groups in total. The zero-order valence-electron chi connectivity index (χ0n) is 23.1. The van der Waals surface area contributed by atoms with Gasteiger partial charge in [0.25, 0.3) is 0 Å². The molecule has 6 heteroatoms. The molecule has 0 radical (unpaired) electrons. The summed E-state index contributed by atoms with van der Waals surface area (Å²) in [7, 11) is 4.15. The molecule has 2 aliphatic heterocycles. The smallest absolute Gasteiger partial charge is 0.166 e. The van der Waals surface area contributed by atoms with Crippen molar-refractivity contribution in [2.45, 2.75) is 49.0 Å². The fourth-order valence-electron chi connectivity index (χ4n) is 8.85. The maximum Gasteiger partial charge on any atom is 0.166 e. The Morgan fingerprint density at radius 1 is 1.10 bits per heavy atom. The average Bonchev–Trinajstić information content (AvgIpc) is 3.46. The number of aromatic nitrogens is 1. The minimum atomic E-state index is -0.373. The number of nitrogens with one attached hydrogen (secondary N) is 1. The van der Waals surface area contributed by atoms with Crippen molar-refractivity contribution in [3.05, 3.63) is 107 Å². The van der Waals surface area contributed by atoms with Gasteiger partial charge in [-0.05, 0) is 34.9 Å². The van der Waals surface area contributed by atoms with Crippen LogP contribution in [0.5, 0.6) is 11.5 Å². The maximum absolute atomic E-state index is 7.20. The Hall–Kier alpha value is -3.25. The van der Waals surface area contributed by atoms with Crippen LogP contribution >= 0.6 is 0 Å². The molecule has 3 heterocycles. The Bertz CT molecular complexity index is 1630. The first-order valence-corrected chi connectivity index (χ1v) is 14.2. The number of piperidine rings is 1. The SMILES string of the molecule is C=CC[NH+]1CC[C@]23c4c5ccc(OCc6ccccc6)c4O[C@H]2c2c(c4ccccc4n2C)C[C@@]3(OC)[C@@H]1C5.[Cl-]. The topological polar surface area (TPSA) is 37.1 Å². The molecular weight excluding hydrogens is 520 g/mol. The van der Waals surface area contributed by atoms with Crippen molar-refractivity contribution in [3.8, 4) is 11.5 Å². The molecule has 0 saturated carbocycles. The Morgan fingerprint density at radius 2 is 1.90 bits per heavy atom. The molecule has 1 unspecified atom stereocenters. The van der Waals surface area contributed by atoms with Crippen LogP contribution in [-0.4, -0.2) is 36.4 Å². The summed E-state index contributed by atoms with van der Waals surface area (Å²) in [5.41, 5.74) is 7.18. The molecule has 4 aromatic rings. The highest BCUT2D eigenvalue weighted by molar-refractivity contribution is 5.87. The molecule has 3 aromatic carbocycles. The number of quaternary nitrogens is 1. The third-order valence-corrected chi connectivity index (χ3v) is 10.4. The van der Waals surface area contributed by atoms with Crippen LogP contribution in [0.15, 0.2) is 79.4 Å². The molecule has 206 valence electrons. The van der Waals surface area contributed by atoms with E-state index in [0.29, 0.717) is 12.6 Å². The number of aryl methyl sites for hydroxylation is 1. The van der Waals surface area contributed by atoms with Crippen molar-refractivity contribution in [3.63, 3.8) is 0 Å². The fourth-order valence-corrected chi connectivity index (χ4v) is 8.85. The summed E-state index contributed by atoms with van der Waals surface area (Å²) in [6.07, 6.45) is 4.82. The molecule has 1 aromatic heterocycles. The molecule has 8 rings (SSSR count). The molecule has 1 spiro atoms. The lowest BCUT2D eigenvalue weighted by Crippen LogP contribution is -3.21. The molecule has 0 amide bonds. The van der Waals surface area contributed by atoms with E-state index in [9.17, 15) is 0 Å².